The molecule has 0 fully saturated rings. The van der Waals surface area contributed by atoms with Crippen LogP contribution in [0.25, 0.3) is 0 Å². The number of hydrogen-bond acceptors (Lipinski definition) is 6. The molecule has 1 unspecified atom stereocenters. The molecule has 0 spiro atoms. The second kappa shape index (κ2) is 13.9. The normalized spacial score (nSPS) is 15.5. The summed E-state index contributed by atoms with van der Waals surface area (Å²) < 4.78 is 7.18. The first-order valence-corrected chi connectivity index (χ1v) is 15.7. The van der Waals surface area contributed by atoms with Crippen molar-refractivity contribution >= 4 is 28.8 Å². The van der Waals surface area contributed by atoms with Gasteiger partial charge in [-0.3, -0.25) is 4.99 Å². The summed E-state index contributed by atoms with van der Waals surface area (Å²) >= 11 is 1.72. The van der Waals surface area contributed by atoms with Crippen LogP contribution in [0.2, 0.25) is 0 Å². The minimum Gasteiger partial charge on any atom is -0.467 e. The highest BCUT2D eigenvalue weighted by atomic mass is 32.2. The summed E-state index contributed by atoms with van der Waals surface area (Å²) in [7, 11) is 3.06. The average Bonchev–Trinajstić information content (AvgIpc) is 3.73. The lowest BCUT2D eigenvalue weighted by atomic mass is 9.77. The van der Waals surface area contributed by atoms with Gasteiger partial charge in [0.1, 0.15) is 11.6 Å². The zero-order valence-corrected chi connectivity index (χ0v) is 26.4. The van der Waals surface area contributed by atoms with Crippen LogP contribution in [0.5, 0.6) is 0 Å². The molecule has 44 heavy (non-hydrogen) atoms. The lowest BCUT2D eigenvalue weighted by Gasteiger charge is -2.37. The molecule has 0 radical (unpaired) electrons. The summed E-state index contributed by atoms with van der Waals surface area (Å²) in [6.07, 6.45) is 3.93. The molecule has 2 heterocycles. The maximum absolute atomic E-state index is 13.2. The molecular formula is C35H39N5O3S. The largest absolute Gasteiger partial charge is 0.467 e. The molecule has 4 aromatic rings. The van der Waals surface area contributed by atoms with E-state index in [1.807, 2.05) is 60.8 Å². The SMILES string of the molecule is COC(=O)[C@H](Cc1cn(C(c2ccccc2)(c2ccccc2)c2ccccc2)cn1)NC(=O)N(C)CC1CN=C(C(C)C)S1. The lowest BCUT2D eigenvalue weighted by Crippen LogP contribution is -2.49. The number of carbonyl (C=O) groups is 2. The standard InChI is InChI=1S/C35H39N5O3S/c1-25(2)32-36-21-30(44-32)23-39(3)34(42)38-31(33(41)43-4)20-29-22-40(24-37-29)35(26-14-8-5-9-15-26,27-16-10-6-11-17-27)28-18-12-7-13-19-28/h5-19,22,24-25,30-31H,20-21,23H2,1-4H3,(H,38,42)/t30?,31-/m0/s1. The molecule has 2 amide bonds. The van der Waals surface area contributed by atoms with Gasteiger partial charge in [-0.15, -0.1) is 11.8 Å². The van der Waals surface area contributed by atoms with Gasteiger partial charge in [0.05, 0.1) is 30.7 Å². The highest BCUT2D eigenvalue weighted by molar-refractivity contribution is 8.14. The van der Waals surface area contributed by atoms with Gasteiger partial charge < -0.3 is 19.5 Å². The monoisotopic (exact) mass is 609 g/mol. The fourth-order valence-electron chi connectivity index (χ4n) is 5.68. The molecule has 1 N–H and O–H groups in total. The van der Waals surface area contributed by atoms with Crippen molar-refractivity contribution in [3.05, 3.63) is 126 Å². The predicted molar refractivity (Wildman–Crippen MR) is 176 cm³/mol. The third-order valence-electron chi connectivity index (χ3n) is 7.85. The van der Waals surface area contributed by atoms with Gasteiger partial charge >= 0.3 is 12.0 Å². The molecule has 9 heteroatoms. The Morgan fingerprint density at radius 1 is 0.977 bits per heavy atom. The maximum atomic E-state index is 13.2. The van der Waals surface area contributed by atoms with E-state index in [-0.39, 0.29) is 17.7 Å². The summed E-state index contributed by atoms with van der Waals surface area (Å²) in [5.41, 5.74) is 3.12. The fraction of sp³-hybridized carbons (Fsp3) is 0.314. The van der Waals surface area contributed by atoms with E-state index in [2.05, 4.69) is 65.1 Å². The molecule has 1 aliphatic rings. The van der Waals surface area contributed by atoms with Crippen LogP contribution < -0.4 is 5.32 Å². The van der Waals surface area contributed by atoms with Crippen LogP contribution in [-0.2, 0) is 21.5 Å². The van der Waals surface area contributed by atoms with Crippen molar-refractivity contribution in [2.24, 2.45) is 10.9 Å². The number of hydrogen-bond donors (Lipinski definition) is 1. The van der Waals surface area contributed by atoms with Crippen LogP contribution >= 0.6 is 11.8 Å². The van der Waals surface area contributed by atoms with Crippen LogP contribution in [0.3, 0.4) is 0 Å². The molecule has 2 atom stereocenters. The number of methoxy groups -OCH3 is 1. The van der Waals surface area contributed by atoms with Crippen molar-refractivity contribution in [3.63, 3.8) is 0 Å². The Morgan fingerprint density at radius 3 is 2.00 bits per heavy atom. The first kappa shape index (κ1) is 31.1. The molecule has 5 rings (SSSR count). The third-order valence-corrected chi connectivity index (χ3v) is 9.32. The number of benzene rings is 3. The Kier molecular flexibility index (Phi) is 9.85. The summed E-state index contributed by atoms with van der Waals surface area (Å²) in [6.45, 7) is 5.44. The van der Waals surface area contributed by atoms with Crippen LogP contribution in [-0.4, -0.2) is 70.0 Å². The second-order valence-corrected chi connectivity index (χ2v) is 12.6. The van der Waals surface area contributed by atoms with Gasteiger partial charge in [-0.2, -0.15) is 0 Å². The van der Waals surface area contributed by atoms with Gasteiger partial charge in [0.2, 0.25) is 0 Å². The van der Waals surface area contributed by atoms with Gasteiger partial charge in [-0.05, 0) is 16.7 Å². The summed E-state index contributed by atoms with van der Waals surface area (Å²) in [4.78, 5) is 37.1. The van der Waals surface area contributed by atoms with Crippen molar-refractivity contribution in [3.8, 4) is 0 Å². The second-order valence-electron chi connectivity index (χ2n) is 11.3. The van der Waals surface area contributed by atoms with Crippen molar-refractivity contribution in [2.45, 2.75) is 37.1 Å². The summed E-state index contributed by atoms with van der Waals surface area (Å²) in [5, 5.41) is 4.19. The summed E-state index contributed by atoms with van der Waals surface area (Å²) in [5.74, 6) is -0.153. The molecular weight excluding hydrogens is 570 g/mol. The molecule has 0 bridgehead atoms. The van der Waals surface area contributed by atoms with Crippen molar-refractivity contribution in [2.75, 3.05) is 27.2 Å². The van der Waals surface area contributed by atoms with Gasteiger partial charge in [0.15, 0.2) is 0 Å². The molecule has 0 aliphatic carbocycles. The predicted octanol–water partition coefficient (Wildman–Crippen LogP) is 5.62. The van der Waals surface area contributed by atoms with E-state index in [1.54, 1.807) is 30.0 Å². The number of nitrogens with zero attached hydrogens (tertiary/aromatic N) is 4. The van der Waals surface area contributed by atoms with Crippen molar-refractivity contribution < 1.29 is 14.3 Å². The number of esters is 1. The molecule has 8 nitrogen and oxygen atoms in total. The molecule has 228 valence electrons. The molecule has 0 saturated carbocycles. The lowest BCUT2D eigenvalue weighted by molar-refractivity contribution is -0.142. The minimum atomic E-state index is -0.906. The average molecular weight is 610 g/mol. The van der Waals surface area contributed by atoms with Gasteiger partial charge in [0, 0.05) is 37.4 Å². The van der Waals surface area contributed by atoms with Crippen LogP contribution in [0, 0.1) is 5.92 Å². The smallest absolute Gasteiger partial charge is 0.328 e. The first-order valence-electron chi connectivity index (χ1n) is 14.8. The topological polar surface area (TPSA) is 88.8 Å². The highest BCUT2D eigenvalue weighted by Gasteiger charge is 2.38. The van der Waals surface area contributed by atoms with Gasteiger partial charge in [0.25, 0.3) is 0 Å². The molecule has 3 aromatic carbocycles. The number of urea groups is 1. The van der Waals surface area contributed by atoms with E-state index >= 15 is 0 Å². The van der Waals surface area contributed by atoms with Crippen LogP contribution in [0.4, 0.5) is 4.79 Å². The van der Waals surface area contributed by atoms with E-state index in [0.717, 1.165) is 21.7 Å². The van der Waals surface area contributed by atoms with Crippen molar-refractivity contribution in [1.29, 1.82) is 0 Å². The number of imidazole rings is 1. The molecule has 1 aliphatic heterocycles. The number of amides is 2. The maximum Gasteiger partial charge on any atom is 0.328 e. The van der Waals surface area contributed by atoms with Gasteiger partial charge in [-0.1, -0.05) is 105 Å². The fourth-order valence-corrected chi connectivity index (χ4v) is 6.89. The number of nitrogens with one attached hydrogen (secondary N) is 1. The third kappa shape index (κ3) is 6.58. The number of aliphatic imine (C=N–C) groups is 1. The Hall–Kier alpha value is -4.37. The van der Waals surface area contributed by atoms with E-state index < -0.39 is 17.6 Å². The number of thioether (sulfide) groups is 1. The van der Waals surface area contributed by atoms with Crippen LogP contribution in [0.15, 0.2) is 109 Å². The number of ether oxygens (including phenoxy) is 1. The zero-order chi connectivity index (χ0) is 31.1. The Bertz CT molecular complexity index is 1480. The molecule has 1 aromatic heterocycles. The Balaban J connectivity index is 1.42. The van der Waals surface area contributed by atoms with E-state index in [1.165, 1.54) is 7.11 Å². The van der Waals surface area contributed by atoms with E-state index in [9.17, 15) is 9.59 Å². The summed E-state index contributed by atoms with van der Waals surface area (Å²) in [6, 6.07) is 29.7. The van der Waals surface area contributed by atoms with E-state index in [0.29, 0.717) is 24.7 Å². The Morgan fingerprint density at radius 2 is 1.52 bits per heavy atom. The Labute approximate surface area is 263 Å². The van der Waals surface area contributed by atoms with E-state index in [4.69, 9.17) is 9.72 Å². The zero-order valence-electron chi connectivity index (χ0n) is 25.6. The first-order chi connectivity index (χ1) is 21.3. The minimum absolute atomic E-state index is 0.173. The number of carbonyl (C=O) groups excluding carboxylic acids is 2. The molecule has 0 saturated heterocycles. The van der Waals surface area contributed by atoms with Crippen LogP contribution in [0.1, 0.15) is 36.2 Å². The highest BCUT2D eigenvalue weighted by Crippen LogP contribution is 2.40. The van der Waals surface area contributed by atoms with Gasteiger partial charge in [-0.25, -0.2) is 14.6 Å². The number of aromatic nitrogens is 2. The number of rotatable bonds is 11. The van der Waals surface area contributed by atoms with Crippen molar-refractivity contribution in [1.82, 2.24) is 19.8 Å². The quantitative estimate of drug-likeness (QED) is 0.176.